The standard InChI is InChI=1S/C39H43N5O11/c1-21(2)33(43-36(50)29(40-22(3)45)17-23-13-15-24(46)16-14-23)39(52)44-20-26(54-25-9-6-5-7-10-25)18-30(44)37(51)41-28(19-32(47)48)34(49)38-42-27-11-8-12-31(53-4)35(27)55-38/h5-16,21,26,28-30,33,46H,17-20H2,1-4H3,(H,40,45)(H,41,51)(H,43,50)(H,47,48)/t26-,28+,29+,30+,33+/m1/s1. The molecule has 3 aromatic carbocycles. The zero-order valence-electron chi connectivity index (χ0n) is 30.7. The van der Waals surface area contributed by atoms with Crippen LogP contribution in [0, 0.1) is 5.92 Å². The minimum absolute atomic E-state index is 0.0269. The van der Waals surface area contributed by atoms with Gasteiger partial charge in [0.05, 0.1) is 20.1 Å². The molecule has 1 saturated heterocycles. The fraction of sp³-hybridized carbons (Fsp3) is 0.359. The highest BCUT2D eigenvalue weighted by Gasteiger charge is 2.45. The van der Waals surface area contributed by atoms with Crippen LogP contribution < -0.4 is 25.4 Å². The van der Waals surface area contributed by atoms with E-state index >= 15 is 0 Å². The van der Waals surface area contributed by atoms with Crippen molar-refractivity contribution in [3.05, 3.63) is 84.3 Å². The highest BCUT2D eigenvalue weighted by atomic mass is 16.5. The van der Waals surface area contributed by atoms with Crippen molar-refractivity contribution in [3.63, 3.8) is 0 Å². The third-order valence-electron chi connectivity index (χ3n) is 9.02. The smallest absolute Gasteiger partial charge is 0.305 e. The summed E-state index contributed by atoms with van der Waals surface area (Å²) in [6, 6.07) is 14.5. The van der Waals surface area contributed by atoms with Gasteiger partial charge in [-0.15, -0.1) is 0 Å². The van der Waals surface area contributed by atoms with E-state index in [0.29, 0.717) is 17.1 Å². The number of phenolic OH excluding ortho intramolecular Hbond substituents is 1. The van der Waals surface area contributed by atoms with Crippen molar-refractivity contribution < 1.29 is 52.9 Å². The molecule has 1 fully saturated rings. The van der Waals surface area contributed by atoms with E-state index in [1.165, 1.54) is 31.1 Å². The van der Waals surface area contributed by atoms with E-state index in [-0.39, 0.29) is 36.2 Å². The Morgan fingerprint density at radius 2 is 1.64 bits per heavy atom. The largest absolute Gasteiger partial charge is 0.508 e. The SMILES string of the molecule is COc1cccc2nc(C(=O)[C@H](CC(=O)O)NC(=O)[C@@H]3C[C@@H](Oc4ccccc4)CN3C(=O)[C@@H](NC(=O)[C@H](Cc3ccc(O)cc3)NC(C)=O)C(C)C)oc12. The summed E-state index contributed by atoms with van der Waals surface area (Å²) < 4.78 is 17.1. The number of carboxylic acid groups (broad SMARTS) is 1. The molecule has 1 aliphatic rings. The molecule has 0 spiro atoms. The Morgan fingerprint density at radius 1 is 0.927 bits per heavy atom. The van der Waals surface area contributed by atoms with Crippen molar-refractivity contribution in [2.24, 2.45) is 5.92 Å². The zero-order valence-corrected chi connectivity index (χ0v) is 30.7. The summed E-state index contributed by atoms with van der Waals surface area (Å²) in [6.07, 6.45) is -1.50. The Kier molecular flexibility index (Phi) is 12.7. The molecule has 0 bridgehead atoms. The lowest BCUT2D eigenvalue weighted by Crippen LogP contribution is -2.59. The number of fused-ring (bicyclic) bond motifs is 1. The van der Waals surface area contributed by atoms with Crippen LogP contribution in [-0.2, 0) is 30.4 Å². The molecule has 0 radical (unpaired) electrons. The van der Waals surface area contributed by atoms with Crippen molar-refractivity contribution in [1.29, 1.82) is 0 Å². The number of methoxy groups -OCH3 is 1. The molecule has 5 atom stereocenters. The molecule has 290 valence electrons. The van der Waals surface area contributed by atoms with Crippen LogP contribution in [0.5, 0.6) is 17.2 Å². The number of amides is 4. The number of nitrogens with zero attached hydrogens (tertiary/aromatic N) is 2. The van der Waals surface area contributed by atoms with E-state index in [2.05, 4.69) is 20.9 Å². The van der Waals surface area contributed by atoms with Crippen molar-refractivity contribution in [3.8, 4) is 17.2 Å². The predicted octanol–water partition coefficient (Wildman–Crippen LogP) is 2.62. The van der Waals surface area contributed by atoms with Crippen molar-refractivity contribution >= 4 is 46.5 Å². The number of phenols is 1. The molecular weight excluding hydrogens is 714 g/mol. The molecule has 5 N–H and O–H groups in total. The van der Waals surface area contributed by atoms with E-state index in [9.17, 15) is 39.0 Å². The Hall–Kier alpha value is -6.45. The number of carboxylic acids is 1. The van der Waals surface area contributed by atoms with E-state index in [1.54, 1.807) is 74.5 Å². The third-order valence-corrected chi connectivity index (χ3v) is 9.02. The molecule has 55 heavy (non-hydrogen) atoms. The lowest BCUT2D eigenvalue weighted by Gasteiger charge is -2.31. The lowest BCUT2D eigenvalue weighted by atomic mass is 10.00. The highest BCUT2D eigenvalue weighted by molar-refractivity contribution is 6.03. The van der Waals surface area contributed by atoms with Crippen molar-refractivity contribution in [2.75, 3.05) is 13.7 Å². The number of benzene rings is 3. The first-order valence-electron chi connectivity index (χ1n) is 17.6. The van der Waals surface area contributed by atoms with Crippen LogP contribution in [0.1, 0.15) is 49.9 Å². The maximum Gasteiger partial charge on any atom is 0.305 e. The van der Waals surface area contributed by atoms with Gasteiger partial charge in [-0.25, -0.2) is 4.98 Å². The van der Waals surface area contributed by atoms with Crippen LogP contribution in [-0.4, -0.2) is 99.4 Å². The van der Waals surface area contributed by atoms with E-state index in [4.69, 9.17) is 13.9 Å². The maximum atomic E-state index is 14.4. The Bertz CT molecular complexity index is 2030. The molecule has 16 heteroatoms. The van der Waals surface area contributed by atoms with Gasteiger partial charge < -0.3 is 45.0 Å². The van der Waals surface area contributed by atoms with Gasteiger partial charge in [-0.2, -0.15) is 0 Å². The van der Waals surface area contributed by atoms with Gasteiger partial charge in [0.25, 0.3) is 5.89 Å². The minimum atomic E-state index is -1.63. The molecule has 5 rings (SSSR count). The number of aromatic nitrogens is 1. The Labute approximate surface area is 316 Å². The van der Waals surface area contributed by atoms with E-state index in [0.717, 1.165) is 0 Å². The molecule has 16 nitrogen and oxygen atoms in total. The summed E-state index contributed by atoms with van der Waals surface area (Å²) in [5, 5.41) is 27.3. The number of rotatable bonds is 16. The van der Waals surface area contributed by atoms with Crippen LogP contribution >= 0.6 is 0 Å². The summed E-state index contributed by atoms with van der Waals surface area (Å²) in [5.41, 5.74) is 1.08. The number of aliphatic carboxylic acids is 1. The predicted molar refractivity (Wildman–Crippen MR) is 196 cm³/mol. The molecule has 0 saturated carbocycles. The number of carbonyl (C=O) groups excluding carboxylic acids is 5. The fourth-order valence-corrected chi connectivity index (χ4v) is 6.33. The van der Waals surface area contributed by atoms with Crippen LogP contribution in [0.15, 0.2) is 77.2 Å². The molecule has 2 heterocycles. The molecule has 1 aliphatic heterocycles. The first kappa shape index (κ1) is 39.8. The number of carbonyl (C=O) groups is 6. The average Bonchev–Trinajstić information content (AvgIpc) is 3.78. The number of ether oxygens (including phenoxy) is 2. The number of likely N-dealkylation sites (tertiary alicyclic amines) is 1. The number of oxazole rings is 1. The quantitative estimate of drug-likeness (QED) is 0.104. The summed E-state index contributed by atoms with van der Waals surface area (Å²) in [5.74, 6) is -5.06. The second kappa shape index (κ2) is 17.6. The first-order valence-corrected chi connectivity index (χ1v) is 17.6. The summed E-state index contributed by atoms with van der Waals surface area (Å²) in [7, 11) is 1.41. The Morgan fingerprint density at radius 3 is 2.27 bits per heavy atom. The summed E-state index contributed by atoms with van der Waals surface area (Å²) in [6.45, 7) is 4.58. The summed E-state index contributed by atoms with van der Waals surface area (Å²) in [4.78, 5) is 85.3. The second-order valence-electron chi connectivity index (χ2n) is 13.5. The number of hydrogen-bond donors (Lipinski definition) is 5. The minimum Gasteiger partial charge on any atom is -0.508 e. The van der Waals surface area contributed by atoms with Crippen LogP contribution in [0.3, 0.4) is 0 Å². The number of hydrogen-bond acceptors (Lipinski definition) is 11. The van der Waals surface area contributed by atoms with Gasteiger partial charge in [0.1, 0.15) is 47.3 Å². The zero-order chi connectivity index (χ0) is 39.8. The number of nitrogens with one attached hydrogen (secondary N) is 3. The number of ketones is 1. The molecule has 4 aromatic rings. The van der Waals surface area contributed by atoms with E-state index in [1.807, 2.05) is 0 Å². The van der Waals surface area contributed by atoms with Gasteiger partial charge >= 0.3 is 5.97 Å². The highest BCUT2D eigenvalue weighted by Crippen LogP contribution is 2.28. The maximum absolute atomic E-state index is 14.4. The molecule has 4 amide bonds. The second-order valence-corrected chi connectivity index (χ2v) is 13.5. The normalized spacial score (nSPS) is 16.9. The topological polar surface area (TPSA) is 227 Å². The van der Waals surface area contributed by atoms with Crippen LogP contribution in [0.4, 0.5) is 0 Å². The summed E-state index contributed by atoms with van der Waals surface area (Å²) >= 11 is 0. The van der Waals surface area contributed by atoms with Gasteiger partial charge in [0.15, 0.2) is 11.3 Å². The van der Waals surface area contributed by atoms with Gasteiger partial charge in [-0.3, -0.25) is 28.8 Å². The van der Waals surface area contributed by atoms with Gasteiger partial charge in [0, 0.05) is 19.8 Å². The fourth-order valence-electron chi connectivity index (χ4n) is 6.33. The number of aromatic hydroxyl groups is 1. The van der Waals surface area contributed by atoms with Crippen molar-refractivity contribution in [1.82, 2.24) is 25.8 Å². The third kappa shape index (κ3) is 9.96. The number of Topliss-reactive ketones (excluding diaryl/α,β-unsaturated/α-hetero) is 1. The molecule has 0 unspecified atom stereocenters. The van der Waals surface area contributed by atoms with Gasteiger partial charge in [-0.05, 0) is 47.9 Å². The van der Waals surface area contributed by atoms with Crippen LogP contribution in [0.25, 0.3) is 11.1 Å². The Balaban J connectivity index is 1.40. The van der Waals surface area contributed by atoms with E-state index < -0.39 is 83.9 Å². The first-order chi connectivity index (χ1) is 26.2. The van der Waals surface area contributed by atoms with Crippen molar-refractivity contribution in [2.45, 2.75) is 70.3 Å². The number of para-hydroxylation sites is 2. The van der Waals surface area contributed by atoms with Gasteiger partial charge in [0.2, 0.25) is 29.4 Å². The molecule has 0 aliphatic carbocycles. The lowest BCUT2D eigenvalue weighted by molar-refractivity contribution is -0.143. The van der Waals surface area contributed by atoms with Crippen LogP contribution in [0.2, 0.25) is 0 Å². The monoisotopic (exact) mass is 757 g/mol. The average molecular weight is 758 g/mol. The molecular formula is C39H43N5O11. The molecule has 1 aromatic heterocycles. The van der Waals surface area contributed by atoms with Gasteiger partial charge in [-0.1, -0.05) is 50.2 Å².